The van der Waals surface area contributed by atoms with E-state index in [2.05, 4.69) is 0 Å². The number of carboxylic acid groups (broad SMARTS) is 1. The van der Waals surface area contributed by atoms with Crippen LogP contribution in [0.3, 0.4) is 0 Å². The molecular formula is C11H16N2O2. The monoisotopic (exact) mass is 208 g/mol. The zero-order chi connectivity index (χ0) is 11.3. The van der Waals surface area contributed by atoms with Gasteiger partial charge in [0.25, 0.3) is 0 Å². The molecule has 0 radical (unpaired) electrons. The van der Waals surface area contributed by atoms with Gasteiger partial charge in [0, 0.05) is 12.8 Å². The van der Waals surface area contributed by atoms with E-state index in [-0.39, 0.29) is 12.8 Å². The molecule has 0 saturated carbocycles. The van der Waals surface area contributed by atoms with E-state index in [0.29, 0.717) is 6.42 Å². The van der Waals surface area contributed by atoms with Crippen LogP contribution in [0, 0.1) is 0 Å². The Kier molecular flexibility index (Phi) is 3.82. The molecule has 82 valence electrons. The van der Waals surface area contributed by atoms with Crippen LogP contribution >= 0.6 is 0 Å². The maximum Gasteiger partial charge on any atom is 0.303 e. The molecule has 4 heteroatoms. The van der Waals surface area contributed by atoms with E-state index in [0.717, 1.165) is 5.56 Å². The van der Waals surface area contributed by atoms with Gasteiger partial charge in [-0.05, 0) is 12.0 Å². The van der Waals surface area contributed by atoms with Crippen LogP contribution in [-0.4, -0.2) is 16.7 Å². The third-order valence-corrected chi connectivity index (χ3v) is 2.18. The zero-order valence-corrected chi connectivity index (χ0v) is 8.52. The number of hydrogen-bond acceptors (Lipinski definition) is 3. The standard InChI is InChI=1S/C11H16N2O2/c12-11(13,7-6-10(14)15)8-9-4-2-1-3-5-9/h1-5H,6-8,12-13H2,(H,14,15). The van der Waals surface area contributed by atoms with Crippen molar-refractivity contribution in [1.29, 1.82) is 0 Å². The van der Waals surface area contributed by atoms with Gasteiger partial charge in [-0.15, -0.1) is 0 Å². The SMILES string of the molecule is NC(N)(CCC(=O)O)Cc1ccccc1. The van der Waals surface area contributed by atoms with Gasteiger partial charge >= 0.3 is 5.97 Å². The first-order valence-corrected chi connectivity index (χ1v) is 4.83. The van der Waals surface area contributed by atoms with Gasteiger partial charge in [-0.25, -0.2) is 0 Å². The molecule has 0 fully saturated rings. The van der Waals surface area contributed by atoms with Crippen molar-refractivity contribution in [2.45, 2.75) is 24.9 Å². The van der Waals surface area contributed by atoms with Crippen molar-refractivity contribution in [2.75, 3.05) is 0 Å². The molecule has 0 heterocycles. The molecule has 0 unspecified atom stereocenters. The van der Waals surface area contributed by atoms with Crippen molar-refractivity contribution in [3.63, 3.8) is 0 Å². The number of carbonyl (C=O) groups is 1. The second-order valence-electron chi connectivity index (χ2n) is 3.79. The van der Waals surface area contributed by atoms with Gasteiger partial charge in [0.15, 0.2) is 0 Å². The summed E-state index contributed by atoms with van der Waals surface area (Å²) in [6, 6.07) is 9.57. The molecule has 0 bridgehead atoms. The lowest BCUT2D eigenvalue weighted by molar-refractivity contribution is -0.137. The van der Waals surface area contributed by atoms with E-state index >= 15 is 0 Å². The molecule has 1 rings (SSSR count). The molecule has 15 heavy (non-hydrogen) atoms. The molecule has 0 spiro atoms. The van der Waals surface area contributed by atoms with Crippen LogP contribution in [0.5, 0.6) is 0 Å². The van der Waals surface area contributed by atoms with Gasteiger partial charge in [0.05, 0.1) is 5.66 Å². The summed E-state index contributed by atoms with van der Waals surface area (Å²) in [7, 11) is 0. The molecule has 4 nitrogen and oxygen atoms in total. The second kappa shape index (κ2) is 4.91. The third kappa shape index (κ3) is 4.58. The normalized spacial score (nSPS) is 11.3. The highest BCUT2D eigenvalue weighted by Crippen LogP contribution is 2.11. The van der Waals surface area contributed by atoms with Crippen LogP contribution in [0.4, 0.5) is 0 Å². The number of benzene rings is 1. The summed E-state index contributed by atoms with van der Waals surface area (Å²) in [4.78, 5) is 10.4. The average Bonchev–Trinajstić information content (AvgIpc) is 2.16. The minimum atomic E-state index is -0.945. The van der Waals surface area contributed by atoms with Crippen molar-refractivity contribution in [1.82, 2.24) is 0 Å². The van der Waals surface area contributed by atoms with Gasteiger partial charge in [-0.1, -0.05) is 30.3 Å². The number of nitrogens with two attached hydrogens (primary N) is 2. The Morgan fingerprint density at radius 1 is 1.27 bits per heavy atom. The summed E-state index contributed by atoms with van der Waals surface area (Å²) in [5.41, 5.74) is 11.7. The van der Waals surface area contributed by atoms with Gasteiger partial charge in [0.2, 0.25) is 0 Å². The molecule has 0 aliphatic carbocycles. The first kappa shape index (κ1) is 11.7. The minimum absolute atomic E-state index is 0.000165. The Morgan fingerprint density at radius 3 is 2.40 bits per heavy atom. The molecule has 0 saturated heterocycles. The first-order chi connectivity index (χ1) is 6.99. The van der Waals surface area contributed by atoms with Crippen LogP contribution in [0.2, 0.25) is 0 Å². The maximum absolute atomic E-state index is 10.4. The van der Waals surface area contributed by atoms with E-state index in [9.17, 15) is 4.79 Å². The lowest BCUT2D eigenvalue weighted by Gasteiger charge is -2.23. The van der Waals surface area contributed by atoms with Gasteiger partial charge in [-0.2, -0.15) is 0 Å². The number of hydrogen-bond donors (Lipinski definition) is 3. The molecule has 0 aromatic heterocycles. The van der Waals surface area contributed by atoms with Crippen LogP contribution in [0.25, 0.3) is 0 Å². The molecule has 5 N–H and O–H groups in total. The summed E-state index contributed by atoms with van der Waals surface area (Å²) in [5, 5.41) is 8.53. The summed E-state index contributed by atoms with van der Waals surface area (Å²) in [6.45, 7) is 0. The first-order valence-electron chi connectivity index (χ1n) is 4.83. The Morgan fingerprint density at radius 2 is 1.87 bits per heavy atom. The highest BCUT2D eigenvalue weighted by Gasteiger charge is 2.20. The Labute approximate surface area is 88.9 Å². The Bertz CT molecular complexity index is 323. The molecule has 1 aromatic rings. The quantitative estimate of drug-likeness (QED) is 0.621. The van der Waals surface area contributed by atoms with Crippen LogP contribution < -0.4 is 11.5 Å². The van der Waals surface area contributed by atoms with E-state index in [4.69, 9.17) is 16.6 Å². The van der Waals surface area contributed by atoms with Crippen molar-refractivity contribution >= 4 is 5.97 Å². The highest BCUT2D eigenvalue weighted by atomic mass is 16.4. The average molecular weight is 208 g/mol. The van der Waals surface area contributed by atoms with E-state index in [1.807, 2.05) is 30.3 Å². The van der Waals surface area contributed by atoms with Crippen molar-refractivity contribution in [3.8, 4) is 0 Å². The zero-order valence-electron chi connectivity index (χ0n) is 8.52. The number of rotatable bonds is 5. The third-order valence-electron chi connectivity index (χ3n) is 2.18. The molecule has 0 aliphatic rings. The lowest BCUT2D eigenvalue weighted by atomic mass is 9.97. The predicted octanol–water partition coefficient (Wildman–Crippen LogP) is 0.708. The molecule has 0 aliphatic heterocycles. The van der Waals surface area contributed by atoms with E-state index < -0.39 is 11.6 Å². The molecule has 1 aromatic carbocycles. The number of aliphatic carboxylic acids is 1. The van der Waals surface area contributed by atoms with Crippen molar-refractivity contribution < 1.29 is 9.90 Å². The molecular weight excluding hydrogens is 192 g/mol. The highest BCUT2D eigenvalue weighted by molar-refractivity contribution is 5.66. The van der Waals surface area contributed by atoms with Crippen molar-refractivity contribution in [3.05, 3.63) is 35.9 Å². The van der Waals surface area contributed by atoms with Gasteiger partial charge < -0.3 is 16.6 Å². The predicted molar refractivity (Wildman–Crippen MR) is 58.1 cm³/mol. The molecule has 0 amide bonds. The fourth-order valence-electron chi connectivity index (χ4n) is 1.40. The smallest absolute Gasteiger partial charge is 0.303 e. The van der Waals surface area contributed by atoms with E-state index in [1.165, 1.54) is 0 Å². The van der Waals surface area contributed by atoms with Crippen LogP contribution in [0.15, 0.2) is 30.3 Å². The summed E-state index contributed by atoms with van der Waals surface area (Å²) in [5.74, 6) is -0.872. The van der Waals surface area contributed by atoms with Crippen LogP contribution in [-0.2, 0) is 11.2 Å². The van der Waals surface area contributed by atoms with Crippen LogP contribution in [0.1, 0.15) is 18.4 Å². The topological polar surface area (TPSA) is 89.3 Å². The fraction of sp³-hybridized carbons (Fsp3) is 0.364. The maximum atomic E-state index is 10.4. The number of carboxylic acids is 1. The Balaban J connectivity index is 2.52. The van der Waals surface area contributed by atoms with Gasteiger partial charge in [0.1, 0.15) is 0 Å². The summed E-state index contributed by atoms with van der Waals surface area (Å²) < 4.78 is 0. The second-order valence-corrected chi connectivity index (χ2v) is 3.79. The van der Waals surface area contributed by atoms with E-state index in [1.54, 1.807) is 0 Å². The lowest BCUT2D eigenvalue weighted by Crippen LogP contribution is -2.51. The summed E-state index contributed by atoms with van der Waals surface area (Å²) >= 11 is 0. The Hall–Kier alpha value is -1.39. The largest absolute Gasteiger partial charge is 0.481 e. The summed E-state index contributed by atoms with van der Waals surface area (Å²) in [6.07, 6.45) is 0.762. The van der Waals surface area contributed by atoms with Gasteiger partial charge in [-0.3, -0.25) is 4.79 Å². The minimum Gasteiger partial charge on any atom is -0.481 e. The molecule has 0 atom stereocenters. The van der Waals surface area contributed by atoms with Crippen molar-refractivity contribution in [2.24, 2.45) is 11.5 Å². The fourth-order valence-corrected chi connectivity index (χ4v) is 1.40.